The first kappa shape index (κ1) is 11.6. The lowest BCUT2D eigenvalue weighted by Crippen LogP contribution is -2.51. The first-order valence-corrected chi connectivity index (χ1v) is 6.06. The molecule has 2 atom stereocenters. The molecule has 2 heterocycles. The summed E-state index contributed by atoms with van der Waals surface area (Å²) in [7, 11) is 0. The van der Waals surface area contributed by atoms with E-state index in [2.05, 4.69) is 11.5 Å². The standard InChI is InChI=1S/C12H20N2O2/c1-2-12(16)14-7-5-10-11(14)4-3-6-13(10)8-9-15/h2,10-11,15H,1,3-9H2. The molecule has 90 valence electrons. The van der Waals surface area contributed by atoms with Crippen molar-refractivity contribution in [2.45, 2.75) is 31.3 Å². The van der Waals surface area contributed by atoms with Crippen LogP contribution in [0, 0.1) is 0 Å². The van der Waals surface area contributed by atoms with Gasteiger partial charge in [-0.2, -0.15) is 0 Å². The van der Waals surface area contributed by atoms with Crippen LogP contribution in [-0.2, 0) is 4.79 Å². The van der Waals surface area contributed by atoms with Gasteiger partial charge in [0, 0.05) is 25.2 Å². The van der Waals surface area contributed by atoms with Crippen LogP contribution in [0.1, 0.15) is 19.3 Å². The van der Waals surface area contributed by atoms with Gasteiger partial charge in [-0.15, -0.1) is 0 Å². The number of likely N-dealkylation sites (tertiary alicyclic amines) is 2. The monoisotopic (exact) mass is 224 g/mol. The van der Waals surface area contributed by atoms with Crippen molar-refractivity contribution in [3.8, 4) is 0 Å². The molecule has 0 saturated carbocycles. The first-order chi connectivity index (χ1) is 7.77. The Hall–Kier alpha value is -0.870. The summed E-state index contributed by atoms with van der Waals surface area (Å²) in [6.07, 6.45) is 4.64. The topological polar surface area (TPSA) is 43.8 Å². The molecule has 16 heavy (non-hydrogen) atoms. The highest BCUT2D eigenvalue weighted by atomic mass is 16.3. The Kier molecular flexibility index (Phi) is 3.61. The number of carbonyl (C=O) groups is 1. The van der Waals surface area contributed by atoms with Crippen molar-refractivity contribution in [1.82, 2.24) is 9.80 Å². The summed E-state index contributed by atoms with van der Waals surface area (Å²) in [5, 5.41) is 9.02. The number of carbonyl (C=O) groups excluding carboxylic acids is 1. The van der Waals surface area contributed by atoms with Gasteiger partial charge >= 0.3 is 0 Å². The summed E-state index contributed by atoms with van der Waals surface area (Å²) in [6.45, 7) is 6.38. The zero-order valence-corrected chi connectivity index (χ0v) is 9.64. The minimum Gasteiger partial charge on any atom is -0.395 e. The van der Waals surface area contributed by atoms with E-state index in [0.717, 1.165) is 38.9 Å². The van der Waals surface area contributed by atoms with Crippen LogP contribution in [-0.4, -0.2) is 59.1 Å². The fraction of sp³-hybridized carbons (Fsp3) is 0.750. The largest absolute Gasteiger partial charge is 0.395 e. The number of piperidine rings is 1. The van der Waals surface area contributed by atoms with Crippen molar-refractivity contribution in [3.63, 3.8) is 0 Å². The number of hydrogen-bond acceptors (Lipinski definition) is 3. The minimum atomic E-state index is 0.0540. The molecule has 2 unspecified atom stereocenters. The van der Waals surface area contributed by atoms with Gasteiger partial charge in [0.15, 0.2) is 0 Å². The molecular weight excluding hydrogens is 204 g/mol. The Bertz CT molecular complexity index is 278. The molecule has 1 amide bonds. The Morgan fingerprint density at radius 2 is 2.19 bits per heavy atom. The number of hydrogen-bond donors (Lipinski definition) is 1. The van der Waals surface area contributed by atoms with Gasteiger partial charge in [-0.05, 0) is 31.9 Å². The van der Waals surface area contributed by atoms with Crippen molar-refractivity contribution in [2.24, 2.45) is 0 Å². The molecule has 4 heteroatoms. The van der Waals surface area contributed by atoms with E-state index in [0.29, 0.717) is 12.1 Å². The third-order valence-electron chi connectivity index (χ3n) is 3.77. The zero-order valence-electron chi connectivity index (χ0n) is 9.64. The summed E-state index contributed by atoms with van der Waals surface area (Å²) < 4.78 is 0. The number of rotatable bonds is 3. The van der Waals surface area contributed by atoms with Gasteiger partial charge in [0.1, 0.15) is 0 Å². The molecule has 2 fully saturated rings. The summed E-state index contributed by atoms with van der Waals surface area (Å²) in [4.78, 5) is 15.9. The molecule has 0 aromatic heterocycles. The molecule has 4 nitrogen and oxygen atoms in total. The quantitative estimate of drug-likeness (QED) is 0.698. The number of fused-ring (bicyclic) bond motifs is 1. The SMILES string of the molecule is C=CC(=O)N1CCC2C1CCCN2CCO. The fourth-order valence-corrected chi connectivity index (χ4v) is 3.08. The van der Waals surface area contributed by atoms with Gasteiger partial charge in [0.05, 0.1) is 6.61 Å². The summed E-state index contributed by atoms with van der Waals surface area (Å²) >= 11 is 0. The maximum atomic E-state index is 11.7. The van der Waals surface area contributed by atoms with Crippen molar-refractivity contribution in [1.29, 1.82) is 0 Å². The molecule has 1 N–H and O–H groups in total. The average molecular weight is 224 g/mol. The molecule has 0 bridgehead atoms. The predicted octanol–water partition coefficient (Wildman–Crippen LogP) is 0.230. The van der Waals surface area contributed by atoms with Gasteiger partial charge in [-0.1, -0.05) is 6.58 Å². The highest BCUT2D eigenvalue weighted by Gasteiger charge is 2.40. The van der Waals surface area contributed by atoms with Gasteiger partial charge in [-0.25, -0.2) is 0 Å². The van der Waals surface area contributed by atoms with E-state index in [1.165, 1.54) is 6.08 Å². The van der Waals surface area contributed by atoms with Gasteiger partial charge < -0.3 is 10.0 Å². The Morgan fingerprint density at radius 3 is 2.88 bits per heavy atom. The van der Waals surface area contributed by atoms with Crippen LogP contribution >= 0.6 is 0 Å². The maximum Gasteiger partial charge on any atom is 0.246 e. The predicted molar refractivity (Wildman–Crippen MR) is 62.0 cm³/mol. The van der Waals surface area contributed by atoms with Crippen molar-refractivity contribution >= 4 is 5.91 Å². The number of nitrogens with zero attached hydrogens (tertiary/aromatic N) is 2. The zero-order chi connectivity index (χ0) is 11.5. The molecular formula is C12H20N2O2. The van der Waals surface area contributed by atoms with E-state index in [9.17, 15) is 4.79 Å². The molecule has 0 spiro atoms. The second-order valence-electron chi connectivity index (χ2n) is 4.56. The highest BCUT2D eigenvalue weighted by Crippen LogP contribution is 2.30. The Labute approximate surface area is 96.5 Å². The molecule has 2 aliphatic heterocycles. The minimum absolute atomic E-state index is 0.0540. The maximum absolute atomic E-state index is 11.7. The first-order valence-electron chi connectivity index (χ1n) is 6.06. The molecule has 2 rings (SSSR count). The number of aliphatic hydroxyl groups excluding tert-OH is 1. The molecule has 0 aromatic carbocycles. The van der Waals surface area contributed by atoms with E-state index in [1.807, 2.05) is 4.90 Å². The number of β-amino-alcohol motifs (C(OH)–C–C–N with tert-alkyl or cyclic N) is 1. The van der Waals surface area contributed by atoms with Crippen LogP contribution in [0.25, 0.3) is 0 Å². The normalized spacial score (nSPS) is 30.2. The number of aliphatic hydroxyl groups is 1. The fourth-order valence-electron chi connectivity index (χ4n) is 3.08. The van der Waals surface area contributed by atoms with Gasteiger partial charge in [0.2, 0.25) is 5.91 Å². The molecule has 0 aliphatic carbocycles. The molecule has 0 radical (unpaired) electrons. The second-order valence-corrected chi connectivity index (χ2v) is 4.56. The number of amides is 1. The van der Waals surface area contributed by atoms with Crippen LogP contribution in [0.15, 0.2) is 12.7 Å². The lowest BCUT2D eigenvalue weighted by atomic mass is 9.97. The third kappa shape index (κ3) is 1.99. The Morgan fingerprint density at radius 1 is 1.38 bits per heavy atom. The molecule has 2 aliphatic rings. The lowest BCUT2D eigenvalue weighted by molar-refractivity contribution is -0.127. The van der Waals surface area contributed by atoms with Crippen LogP contribution in [0.3, 0.4) is 0 Å². The van der Waals surface area contributed by atoms with Crippen molar-refractivity contribution in [3.05, 3.63) is 12.7 Å². The molecule has 2 saturated heterocycles. The van der Waals surface area contributed by atoms with E-state index in [1.54, 1.807) is 0 Å². The van der Waals surface area contributed by atoms with Crippen LogP contribution in [0.2, 0.25) is 0 Å². The van der Waals surface area contributed by atoms with Gasteiger partial charge in [0.25, 0.3) is 0 Å². The van der Waals surface area contributed by atoms with E-state index in [4.69, 9.17) is 5.11 Å². The average Bonchev–Trinajstić information content (AvgIpc) is 2.73. The van der Waals surface area contributed by atoms with Crippen molar-refractivity contribution in [2.75, 3.05) is 26.2 Å². The summed E-state index contributed by atoms with van der Waals surface area (Å²) in [5.41, 5.74) is 0. The lowest BCUT2D eigenvalue weighted by Gasteiger charge is -2.39. The van der Waals surface area contributed by atoms with Crippen LogP contribution in [0.5, 0.6) is 0 Å². The van der Waals surface area contributed by atoms with Crippen molar-refractivity contribution < 1.29 is 9.90 Å². The Balaban J connectivity index is 2.05. The highest BCUT2D eigenvalue weighted by molar-refractivity contribution is 5.87. The van der Waals surface area contributed by atoms with Gasteiger partial charge in [-0.3, -0.25) is 9.69 Å². The van der Waals surface area contributed by atoms with Crippen LogP contribution in [0.4, 0.5) is 0 Å². The third-order valence-corrected chi connectivity index (χ3v) is 3.77. The summed E-state index contributed by atoms with van der Waals surface area (Å²) in [5.74, 6) is 0.0540. The summed E-state index contributed by atoms with van der Waals surface area (Å²) in [6, 6.07) is 0.788. The van der Waals surface area contributed by atoms with Crippen LogP contribution < -0.4 is 0 Å². The van der Waals surface area contributed by atoms with E-state index < -0.39 is 0 Å². The molecule has 0 aromatic rings. The second kappa shape index (κ2) is 4.97. The van der Waals surface area contributed by atoms with E-state index >= 15 is 0 Å². The smallest absolute Gasteiger partial charge is 0.246 e. The van der Waals surface area contributed by atoms with E-state index in [-0.39, 0.29) is 12.5 Å².